The summed E-state index contributed by atoms with van der Waals surface area (Å²) >= 11 is 0. The fraction of sp³-hybridized carbons (Fsp3) is 0. The number of rotatable bonds is 3. The van der Waals surface area contributed by atoms with Crippen LogP contribution in [-0.2, 0) is 10.0 Å². The number of nitrogens with two attached hydrogens (primary N) is 1. The van der Waals surface area contributed by atoms with Crippen molar-refractivity contribution in [2.75, 3.05) is 0 Å². The molecule has 0 aliphatic rings. The number of benzene rings is 1. The van der Waals surface area contributed by atoms with Crippen LogP contribution in [-0.4, -0.2) is 28.6 Å². The molecule has 0 bridgehead atoms. The molecular formula is C13H11N5O2S. The fourth-order valence-corrected chi connectivity index (χ4v) is 2.34. The molecule has 2 aromatic heterocycles. The molecule has 1 aromatic carbocycles. The Balaban J connectivity index is 1.94. The van der Waals surface area contributed by atoms with Crippen molar-refractivity contribution >= 4 is 10.0 Å². The number of aromatic nitrogens is 4. The van der Waals surface area contributed by atoms with Crippen molar-refractivity contribution in [2.45, 2.75) is 4.90 Å². The molecule has 7 nitrogen and oxygen atoms in total. The van der Waals surface area contributed by atoms with Crippen molar-refractivity contribution in [1.82, 2.24) is 20.2 Å². The molecule has 8 heteroatoms. The summed E-state index contributed by atoms with van der Waals surface area (Å²) in [6, 6.07) is 9.70. The minimum absolute atomic E-state index is 0.0520. The van der Waals surface area contributed by atoms with Gasteiger partial charge in [-0.15, -0.1) is 0 Å². The van der Waals surface area contributed by atoms with Crippen LogP contribution in [0.5, 0.6) is 0 Å². The van der Waals surface area contributed by atoms with E-state index in [2.05, 4.69) is 20.2 Å². The first kappa shape index (κ1) is 13.4. The molecule has 106 valence electrons. The Bertz CT molecular complexity index is 857. The normalized spacial score (nSPS) is 11.5. The third-order valence-electron chi connectivity index (χ3n) is 2.88. The third kappa shape index (κ3) is 2.81. The van der Waals surface area contributed by atoms with E-state index in [1.54, 1.807) is 24.5 Å². The van der Waals surface area contributed by atoms with Crippen LogP contribution in [0.15, 0.2) is 53.7 Å². The van der Waals surface area contributed by atoms with Gasteiger partial charge in [0, 0.05) is 23.5 Å². The van der Waals surface area contributed by atoms with Crippen molar-refractivity contribution in [1.29, 1.82) is 0 Å². The minimum Gasteiger partial charge on any atom is -0.265 e. The SMILES string of the molecule is NS(=O)(=O)c1ccc(-c2n[nH]c(-c3ccncc3)n2)cc1. The van der Waals surface area contributed by atoms with Gasteiger partial charge in [0.25, 0.3) is 0 Å². The van der Waals surface area contributed by atoms with Crippen molar-refractivity contribution in [3.05, 3.63) is 48.8 Å². The molecule has 0 radical (unpaired) electrons. The van der Waals surface area contributed by atoms with E-state index in [0.29, 0.717) is 17.2 Å². The average molecular weight is 301 g/mol. The topological polar surface area (TPSA) is 115 Å². The number of H-pyrrole nitrogens is 1. The largest absolute Gasteiger partial charge is 0.265 e. The number of pyridine rings is 1. The maximum atomic E-state index is 11.2. The summed E-state index contributed by atoms with van der Waals surface area (Å²) in [5.74, 6) is 1.09. The molecule has 0 spiro atoms. The monoisotopic (exact) mass is 301 g/mol. The molecule has 0 atom stereocenters. The number of hydrogen-bond acceptors (Lipinski definition) is 5. The maximum absolute atomic E-state index is 11.2. The highest BCUT2D eigenvalue weighted by Gasteiger charge is 2.10. The van der Waals surface area contributed by atoms with E-state index in [1.165, 1.54) is 12.1 Å². The first-order valence-electron chi connectivity index (χ1n) is 6.00. The molecule has 0 fully saturated rings. The van der Waals surface area contributed by atoms with Crippen LogP contribution in [0, 0.1) is 0 Å². The number of nitrogens with zero attached hydrogens (tertiary/aromatic N) is 3. The van der Waals surface area contributed by atoms with Gasteiger partial charge in [0.15, 0.2) is 11.6 Å². The second kappa shape index (κ2) is 5.08. The molecular weight excluding hydrogens is 290 g/mol. The van der Waals surface area contributed by atoms with Crippen LogP contribution in [0.25, 0.3) is 22.8 Å². The minimum atomic E-state index is -3.70. The lowest BCUT2D eigenvalue weighted by atomic mass is 10.2. The molecule has 0 aliphatic heterocycles. The van der Waals surface area contributed by atoms with Crippen molar-refractivity contribution in [2.24, 2.45) is 5.14 Å². The van der Waals surface area contributed by atoms with Crippen molar-refractivity contribution < 1.29 is 8.42 Å². The molecule has 2 heterocycles. The summed E-state index contributed by atoms with van der Waals surface area (Å²) in [6.45, 7) is 0. The Hall–Kier alpha value is -2.58. The van der Waals surface area contributed by atoms with Gasteiger partial charge in [-0.25, -0.2) is 18.5 Å². The highest BCUT2D eigenvalue weighted by Crippen LogP contribution is 2.20. The summed E-state index contributed by atoms with van der Waals surface area (Å²) in [5, 5.41) is 12.0. The Kier molecular flexibility index (Phi) is 3.24. The van der Waals surface area contributed by atoms with Crippen LogP contribution in [0.1, 0.15) is 0 Å². The maximum Gasteiger partial charge on any atom is 0.238 e. The number of hydrogen-bond donors (Lipinski definition) is 2. The van der Waals surface area contributed by atoms with Gasteiger partial charge in [-0.1, -0.05) is 0 Å². The lowest BCUT2D eigenvalue weighted by molar-refractivity contribution is 0.598. The Morgan fingerprint density at radius 1 is 0.952 bits per heavy atom. The van der Waals surface area contributed by atoms with Gasteiger partial charge in [-0.05, 0) is 36.4 Å². The van der Waals surface area contributed by atoms with Gasteiger partial charge in [-0.2, -0.15) is 5.10 Å². The number of nitrogens with one attached hydrogen (secondary N) is 1. The van der Waals surface area contributed by atoms with Gasteiger partial charge in [0.1, 0.15) is 0 Å². The molecule has 0 saturated heterocycles. The van der Waals surface area contributed by atoms with E-state index in [1.807, 2.05) is 12.1 Å². The van der Waals surface area contributed by atoms with Crippen molar-refractivity contribution in [3.63, 3.8) is 0 Å². The fourth-order valence-electron chi connectivity index (χ4n) is 1.82. The number of aromatic amines is 1. The van der Waals surface area contributed by atoms with E-state index in [9.17, 15) is 8.42 Å². The van der Waals surface area contributed by atoms with Gasteiger partial charge >= 0.3 is 0 Å². The Morgan fingerprint density at radius 3 is 2.24 bits per heavy atom. The molecule has 3 N–H and O–H groups in total. The van der Waals surface area contributed by atoms with E-state index < -0.39 is 10.0 Å². The van der Waals surface area contributed by atoms with E-state index in [-0.39, 0.29) is 4.90 Å². The first-order chi connectivity index (χ1) is 10.0. The molecule has 3 aromatic rings. The third-order valence-corrected chi connectivity index (χ3v) is 3.81. The zero-order valence-electron chi connectivity index (χ0n) is 10.8. The smallest absolute Gasteiger partial charge is 0.238 e. The summed E-state index contributed by atoms with van der Waals surface area (Å²) in [6.07, 6.45) is 3.33. The van der Waals surface area contributed by atoms with E-state index in [0.717, 1.165) is 5.56 Å². The number of primary sulfonamides is 1. The van der Waals surface area contributed by atoms with Crippen LogP contribution < -0.4 is 5.14 Å². The Labute approximate surface area is 120 Å². The van der Waals surface area contributed by atoms with Gasteiger partial charge < -0.3 is 0 Å². The standard InChI is InChI=1S/C13H11N5O2S/c14-21(19,20)11-3-1-9(2-4-11)12-16-13(18-17-12)10-5-7-15-8-6-10/h1-8H,(H2,14,19,20)(H,16,17,18). The van der Waals surface area contributed by atoms with E-state index >= 15 is 0 Å². The quantitative estimate of drug-likeness (QED) is 0.753. The highest BCUT2D eigenvalue weighted by molar-refractivity contribution is 7.89. The molecule has 0 aliphatic carbocycles. The van der Waals surface area contributed by atoms with Crippen LogP contribution in [0.2, 0.25) is 0 Å². The first-order valence-corrected chi connectivity index (χ1v) is 7.55. The lowest BCUT2D eigenvalue weighted by Crippen LogP contribution is -2.11. The average Bonchev–Trinajstić information content (AvgIpc) is 2.97. The zero-order valence-corrected chi connectivity index (χ0v) is 11.6. The van der Waals surface area contributed by atoms with Crippen LogP contribution in [0.3, 0.4) is 0 Å². The van der Waals surface area contributed by atoms with Crippen LogP contribution in [0.4, 0.5) is 0 Å². The molecule has 3 rings (SSSR count). The molecule has 21 heavy (non-hydrogen) atoms. The molecule has 0 amide bonds. The summed E-state index contributed by atoms with van der Waals surface area (Å²) in [5.41, 5.74) is 1.56. The highest BCUT2D eigenvalue weighted by atomic mass is 32.2. The lowest BCUT2D eigenvalue weighted by Gasteiger charge is -1.99. The van der Waals surface area contributed by atoms with Gasteiger partial charge in [0.2, 0.25) is 10.0 Å². The van der Waals surface area contributed by atoms with Crippen LogP contribution >= 0.6 is 0 Å². The zero-order chi connectivity index (χ0) is 14.9. The summed E-state index contributed by atoms with van der Waals surface area (Å²) < 4.78 is 22.4. The second-order valence-electron chi connectivity index (χ2n) is 4.31. The van der Waals surface area contributed by atoms with Crippen molar-refractivity contribution in [3.8, 4) is 22.8 Å². The summed E-state index contributed by atoms with van der Waals surface area (Å²) in [4.78, 5) is 8.36. The predicted molar refractivity (Wildman–Crippen MR) is 76.4 cm³/mol. The molecule has 0 saturated carbocycles. The number of sulfonamides is 1. The molecule has 0 unspecified atom stereocenters. The van der Waals surface area contributed by atoms with Gasteiger partial charge in [0.05, 0.1) is 4.90 Å². The summed E-state index contributed by atoms with van der Waals surface area (Å²) in [7, 11) is -3.70. The predicted octanol–water partition coefficient (Wildman–Crippen LogP) is 1.18. The Morgan fingerprint density at radius 2 is 1.62 bits per heavy atom. The second-order valence-corrected chi connectivity index (χ2v) is 5.87. The van der Waals surface area contributed by atoms with E-state index in [4.69, 9.17) is 5.14 Å². The van der Waals surface area contributed by atoms with Gasteiger partial charge in [-0.3, -0.25) is 10.1 Å².